The Morgan fingerprint density at radius 3 is 1.25 bits per heavy atom. The fourth-order valence-electron chi connectivity index (χ4n) is 2.32. The maximum atomic E-state index is 4.17. The number of hydrogen-bond donors (Lipinski definition) is 0. The molecule has 2 aromatic heterocycles. The topological polar surface area (TPSA) is 35.6 Å². The first-order chi connectivity index (χ1) is 9.76. The Hall–Kier alpha value is -1.45. The summed E-state index contributed by atoms with van der Waals surface area (Å²) in [5.41, 5.74) is 0. The average Bonchev–Trinajstić information content (AvgIpc) is 3.15. The molecule has 0 bridgehead atoms. The Morgan fingerprint density at radius 1 is 0.700 bits per heavy atom. The molecule has 0 saturated heterocycles. The van der Waals surface area contributed by atoms with Crippen LogP contribution >= 0.6 is 0 Å². The van der Waals surface area contributed by atoms with Crippen LogP contribution in [0.1, 0.15) is 27.7 Å². The molecule has 0 aliphatic rings. The molecule has 4 nitrogen and oxygen atoms in total. The van der Waals surface area contributed by atoms with Crippen LogP contribution in [0.3, 0.4) is 0 Å². The highest BCUT2D eigenvalue weighted by atomic mass is 15.2. The first kappa shape index (κ1) is 16.6. The molecule has 0 spiro atoms. The molecule has 6 heteroatoms. The maximum Gasteiger partial charge on any atom is 0.283 e. The predicted octanol–water partition coefficient (Wildman–Crippen LogP) is 3.53. The lowest BCUT2D eigenvalue weighted by Gasteiger charge is -2.06. The molecular formula is C14H26B2N4. The van der Waals surface area contributed by atoms with Crippen LogP contribution in [0.25, 0.3) is 0 Å². The van der Waals surface area contributed by atoms with E-state index in [9.17, 15) is 0 Å². The standard InChI is InChI=1S/2C7H13BN2/c2*1-3-8(4-2)10-7-5-6-9-10/h2*5-7H,3-4H2,1-2H3. The van der Waals surface area contributed by atoms with Crippen LogP contribution in [0.4, 0.5) is 0 Å². The zero-order chi connectivity index (χ0) is 14.8. The molecule has 0 saturated carbocycles. The van der Waals surface area contributed by atoms with Gasteiger partial charge in [0.2, 0.25) is 0 Å². The number of aromatic nitrogens is 4. The van der Waals surface area contributed by atoms with E-state index in [1.165, 1.54) is 0 Å². The molecule has 108 valence electrons. The van der Waals surface area contributed by atoms with E-state index < -0.39 is 0 Å². The van der Waals surface area contributed by atoms with E-state index in [0.717, 1.165) is 25.3 Å². The minimum atomic E-state index is 0.593. The largest absolute Gasteiger partial charge is 0.318 e. The van der Waals surface area contributed by atoms with Crippen molar-refractivity contribution < 1.29 is 0 Å². The lowest BCUT2D eigenvalue weighted by atomic mass is 9.57. The highest BCUT2D eigenvalue weighted by Crippen LogP contribution is 2.00. The minimum Gasteiger partial charge on any atom is -0.318 e. The summed E-state index contributed by atoms with van der Waals surface area (Å²) in [6, 6.07) is 3.94. The third-order valence-electron chi connectivity index (χ3n) is 3.68. The monoisotopic (exact) mass is 272 g/mol. The Balaban J connectivity index is 0.000000200. The van der Waals surface area contributed by atoms with Crippen molar-refractivity contribution in [3.8, 4) is 0 Å². The average molecular weight is 272 g/mol. The normalized spacial score (nSPS) is 9.80. The second-order valence-corrected chi connectivity index (χ2v) is 4.91. The van der Waals surface area contributed by atoms with E-state index in [0.29, 0.717) is 13.7 Å². The summed E-state index contributed by atoms with van der Waals surface area (Å²) < 4.78 is 4.06. The zero-order valence-electron chi connectivity index (χ0n) is 13.2. The van der Waals surface area contributed by atoms with Crippen LogP contribution in [0.2, 0.25) is 25.3 Å². The van der Waals surface area contributed by atoms with Crippen LogP contribution < -0.4 is 0 Å². The molecule has 2 rings (SSSR count). The second kappa shape index (κ2) is 9.45. The van der Waals surface area contributed by atoms with Crippen LogP contribution in [0.15, 0.2) is 36.9 Å². The molecule has 2 heterocycles. The summed E-state index contributed by atoms with van der Waals surface area (Å²) in [4.78, 5) is 0. The quantitative estimate of drug-likeness (QED) is 0.754. The maximum absolute atomic E-state index is 4.17. The summed E-state index contributed by atoms with van der Waals surface area (Å²) in [7, 11) is 0. The van der Waals surface area contributed by atoms with Gasteiger partial charge in [-0.25, -0.2) is 0 Å². The van der Waals surface area contributed by atoms with Gasteiger partial charge >= 0.3 is 0 Å². The van der Waals surface area contributed by atoms with Gasteiger partial charge in [-0.1, -0.05) is 53.0 Å². The Kier molecular flexibility index (Phi) is 7.85. The summed E-state index contributed by atoms with van der Waals surface area (Å²) in [5.74, 6) is 0. The Labute approximate surface area is 123 Å². The van der Waals surface area contributed by atoms with Crippen LogP contribution in [-0.2, 0) is 0 Å². The third kappa shape index (κ3) is 4.91. The summed E-state index contributed by atoms with van der Waals surface area (Å²) in [6.07, 6.45) is 12.4. The highest BCUT2D eigenvalue weighted by Gasteiger charge is 2.10. The lowest BCUT2D eigenvalue weighted by molar-refractivity contribution is 0.930. The molecule has 0 aromatic carbocycles. The predicted molar refractivity (Wildman–Crippen MR) is 88.7 cm³/mol. The van der Waals surface area contributed by atoms with Crippen molar-refractivity contribution in [3.05, 3.63) is 36.9 Å². The molecule has 0 aliphatic heterocycles. The zero-order valence-corrected chi connectivity index (χ0v) is 13.2. The number of rotatable bonds is 6. The number of hydrogen-bond acceptors (Lipinski definition) is 2. The van der Waals surface area contributed by atoms with Gasteiger partial charge in [0, 0.05) is 24.8 Å². The Morgan fingerprint density at radius 2 is 1.05 bits per heavy atom. The lowest BCUT2D eigenvalue weighted by Crippen LogP contribution is -2.22. The van der Waals surface area contributed by atoms with E-state index in [-0.39, 0.29) is 0 Å². The van der Waals surface area contributed by atoms with E-state index in [2.05, 4.69) is 37.9 Å². The van der Waals surface area contributed by atoms with Gasteiger partial charge in [0.05, 0.1) is 0 Å². The van der Waals surface area contributed by atoms with E-state index in [4.69, 9.17) is 0 Å². The van der Waals surface area contributed by atoms with Crippen LogP contribution in [0, 0.1) is 0 Å². The molecule has 0 atom stereocenters. The van der Waals surface area contributed by atoms with E-state index in [1.54, 1.807) is 0 Å². The summed E-state index contributed by atoms with van der Waals surface area (Å²) >= 11 is 0. The van der Waals surface area contributed by atoms with Crippen LogP contribution in [0.5, 0.6) is 0 Å². The van der Waals surface area contributed by atoms with Gasteiger partial charge in [0.25, 0.3) is 13.7 Å². The fourth-order valence-corrected chi connectivity index (χ4v) is 2.32. The molecular weight excluding hydrogens is 246 g/mol. The Bertz CT molecular complexity index is 378. The minimum absolute atomic E-state index is 0.593. The van der Waals surface area contributed by atoms with Gasteiger partial charge in [-0.2, -0.15) is 10.2 Å². The van der Waals surface area contributed by atoms with Crippen molar-refractivity contribution in [1.29, 1.82) is 0 Å². The van der Waals surface area contributed by atoms with E-state index in [1.807, 2.05) is 46.1 Å². The SMILES string of the molecule is CCB(CC)n1cccn1.CCB(CC)n1cccn1. The molecule has 0 fully saturated rings. The molecule has 0 radical (unpaired) electrons. The smallest absolute Gasteiger partial charge is 0.283 e. The molecule has 0 aliphatic carbocycles. The van der Waals surface area contributed by atoms with Gasteiger partial charge in [-0.05, 0) is 12.1 Å². The first-order valence-electron chi connectivity index (χ1n) is 7.74. The summed E-state index contributed by atoms with van der Waals surface area (Å²) in [5, 5.41) is 8.35. The molecule has 0 N–H and O–H groups in total. The van der Waals surface area contributed by atoms with Crippen molar-refractivity contribution in [2.45, 2.75) is 53.0 Å². The van der Waals surface area contributed by atoms with Crippen molar-refractivity contribution in [1.82, 2.24) is 19.4 Å². The van der Waals surface area contributed by atoms with Crippen molar-refractivity contribution >= 4 is 13.7 Å². The van der Waals surface area contributed by atoms with Crippen molar-refractivity contribution in [3.63, 3.8) is 0 Å². The fraction of sp³-hybridized carbons (Fsp3) is 0.571. The summed E-state index contributed by atoms with van der Waals surface area (Å²) in [6.45, 7) is 9.95. The van der Waals surface area contributed by atoms with Crippen molar-refractivity contribution in [2.24, 2.45) is 0 Å². The van der Waals surface area contributed by atoms with Gasteiger partial charge in [-0.15, -0.1) is 0 Å². The molecule has 2 aromatic rings. The molecule has 0 unspecified atom stereocenters. The van der Waals surface area contributed by atoms with Crippen LogP contribution in [-0.4, -0.2) is 33.1 Å². The third-order valence-corrected chi connectivity index (χ3v) is 3.68. The highest BCUT2D eigenvalue weighted by molar-refractivity contribution is 6.56. The first-order valence-corrected chi connectivity index (χ1v) is 7.74. The van der Waals surface area contributed by atoms with Gasteiger partial charge in [0.1, 0.15) is 0 Å². The molecule has 20 heavy (non-hydrogen) atoms. The van der Waals surface area contributed by atoms with Gasteiger partial charge in [0.15, 0.2) is 0 Å². The van der Waals surface area contributed by atoms with Gasteiger partial charge in [-0.3, -0.25) is 0 Å². The second-order valence-electron chi connectivity index (χ2n) is 4.91. The van der Waals surface area contributed by atoms with Gasteiger partial charge < -0.3 is 9.19 Å². The van der Waals surface area contributed by atoms with E-state index >= 15 is 0 Å². The molecule has 0 amide bonds. The van der Waals surface area contributed by atoms with Crippen molar-refractivity contribution in [2.75, 3.05) is 0 Å². The number of nitrogens with zero attached hydrogens (tertiary/aromatic N) is 4.